The van der Waals surface area contributed by atoms with Crippen LogP contribution in [-0.4, -0.2) is 18.6 Å². The Kier molecular flexibility index (Phi) is 4.85. The van der Waals surface area contributed by atoms with E-state index < -0.39 is 6.10 Å². The monoisotopic (exact) mass is 316 g/mol. The van der Waals surface area contributed by atoms with Crippen LogP contribution in [0.15, 0.2) is 30.4 Å². The summed E-state index contributed by atoms with van der Waals surface area (Å²) in [4.78, 5) is 14.4. The second kappa shape index (κ2) is 6.36. The molecule has 1 aromatic rings. The fourth-order valence-corrected chi connectivity index (χ4v) is 2.73. The van der Waals surface area contributed by atoms with Gasteiger partial charge in [0.15, 0.2) is 6.10 Å². The molecule has 2 unspecified atom stereocenters. The maximum atomic E-state index is 12.7. The van der Waals surface area contributed by atoms with Crippen LogP contribution in [0.4, 0.5) is 5.69 Å². The molecule has 0 spiro atoms. The lowest BCUT2D eigenvalue weighted by Gasteiger charge is -2.35. The van der Waals surface area contributed by atoms with Gasteiger partial charge in [-0.25, -0.2) is 0 Å². The summed E-state index contributed by atoms with van der Waals surface area (Å²) in [5.74, 6) is 0.729. The van der Waals surface area contributed by atoms with E-state index in [0.717, 1.165) is 22.6 Å². The SMILES string of the molecule is C=C(C)CN1C(=O)C(CC)Oc2ccc(C(N)C(C)(C)C)cc21. The highest BCUT2D eigenvalue weighted by Gasteiger charge is 2.34. The van der Waals surface area contributed by atoms with Crippen LogP contribution in [0.2, 0.25) is 0 Å². The van der Waals surface area contributed by atoms with E-state index in [1.54, 1.807) is 4.90 Å². The van der Waals surface area contributed by atoms with Crippen molar-refractivity contribution in [3.8, 4) is 5.75 Å². The summed E-state index contributed by atoms with van der Waals surface area (Å²) in [5.41, 5.74) is 9.06. The minimum atomic E-state index is -0.427. The van der Waals surface area contributed by atoms with E-state index >= 15 is 0 Å². The molecular formula is C19H28N2O2. The van der Waals surface area contributed by atoms with Crippen LogP contribution in [0, 0.1) is 5.41 Å². The number of ether oxygens (including phenoxy) is 1. The van der Waals surface area contributed by atoms with E-state index in [4.69, 9.17) is 10.5 Å². The van der Waals surface area contributed by atoms with Crippen molar-refractivity contribution in [3.63, 3.8) is 0 Å². The van der Waals surface area contributed by atoms with E-state index in [0.29, 0.717) is 13.0 Å². The van der Waals surface area contributed by atoms with Crippen LogP contribution in [0.5, 0.6) is 5.75 Å². The normalized spacial score (nSPS) is 19.1. The quantitative estimate of drug-likeness (QED) is 0.859. The lowest BCUT2D eigenvalue weighted by Crippen LogP contribution is -2.46. The van der Waals surface area contributed by atoms with E-state index in [1.807, 2.05) is 32.0 Å². The number of nitrogens with zero attached hydrogens (tertiary/aromatic N) is 1. The highest BCUT2D eigenvalue weighted by Crippen LogP contribution is 2.39. The molecule has 1 aromatic carbocycles. The van der Waals surface area contributed by atoms with Crippen LogP contribution in [0.3, 0.4) is 0 Å². The maximum absolute atomic E-state index is 12.7. The largest absolute Gasteiger partial charge is 0.478 e. The number of carbonyl (C=O) groups is 1. The number of amides is 1. The third kappa shape index (κ3) is 3.58. The third-order valence-electron chi connectivity index (χ3n) is 4.18. The van der Waals surface area contributed by atoms with Gasteiger partial charge in [-0.05, 0) is 36.5 Å². The molecule has 0 bridgehead atoms. The van der Waals surface area contributed by atoms with Gasteiger partial charge < -0.3 is 15.4 Å². The molecule has 2 N–H and O–H groups in total. The molecule has 0 fully saturated rings. The van der Waals surface area contributed by atoms with Crippen molar-refractivity contribution in [2.24, 2.45) is 11.1 Å². The minimum Gasteiger partial charge on any atom is -0.478 e. The molecule has 0 aromatic heterocycles. The van der Waals surface area contributed by atoms with E-state index in [-0.39, 0.29) is 17.4 Å². The molecule has 126 valence electrons. The average Bonchev–Trinajstić information content (AvgIpc) is 2.47. The first-order valence-electron chi connectivity index (χ1n) is 8.17. The van der Waals surface area contributed by atoms with Gasteiger partial charge in [-0.1, -0.05) is 45.9 Å². The van der Waals surface area contributed by atoms with Gasteiger partial charge in [0.25, 0.3) is 5.91 Å². The molecule has 23 heavy (non-hydrogen) atoms. The van der Waals surface area contributed by atoms with Gasteiger partial charge in [0.05, 0.1) is 5.69 Å². The molecule has 1 amide bonds. The summed E-state index contributed by atoms with van der Waals surface area (Å²) >= 11 is 0. The Bertz CT molecular complexity index is 616. The van der Waals surface area contributed by atoms with Crippen LogP contribution in [-0.2, 0) is 4.79 Å². The molecule has 0 saturated carbocycles. The number of benzene rings is 1. The van der Waals surface area contributed by atoms with Crippen LogP contribution in [0.1, 0.15) is 52.6 Å². The zero-order chi connectivity index (χ0) is 17.4. The van der Waals surface area contributed by atoms with Crippen LogP contribution < -0.4 is 15.4 Å². The summed E-state index contributed by atoms with van der Waals surface area (Å²) in [6.07, 6.45) is 0.220. The lowest BCUT2D eigenvalue weighted by atomic mass is 9.83. The number of hydrogen-bond acceptors (Lipinski definition) is 3. The molecule has 2 rings (SSSR count). The molecule has 2 atom stereocenters. The smallest absolute Gasteiger partial charge is 0.268 e. The van der Waals surface area contributed by atoms with Crippen molar-refractivity contribution in [1.82, 2.24) is 0 Å². The zero-order valence-corrected chi connectivity index (χ0v) is 14.8. The summed E-state index contributed by atoms with van der Waals surface area (Å²) in [6.45, 7) is 14.7. The maximum Gasteiger partial charge on any atom is 0.268 e. The number of hydrogen-bond donors (Lipinski definition) is 1. The Labute approximate surface area is 139 Å². The fraction of sp³-hybridized carbons (Fsp3) is 0.526. The number of nitrogens with two attached hydrogens (primary N) is 1. The Morgan fingerprint density at radius 2 is 2.09 bits per heavy atom. The van der Waals surface area contributed by atoms with Gasteiger partial charge in [0.2, 0.25) is 0 Å². The summed E-state index contributed by atoms with van der Waals surface area (Å²) in [7, 11) is 0. The van der Waals surface area contributed by atoms with Crippen LogP contribution >= 0.6 is 0 Å². The second-order valence-corrected chi connectivity index (χ2v) is 7.47. The summed E-state index contributed by atoms with van der Waals surface area (Å²) in [5, 5.41) is 0. The van der Waals surface area contributed by atoms with Crippen molar-refractivity contribution >= 4 is 11.6 Å². The van der Waals surface area contributed by atoms with Crippen molar-refractivity contribution in [2.45, 2.75) is 53.2 Å². The van der Waals surface area contributed by atoms with Crippen molar-refractivity contribution in [1.29, 1.82) is 0 Å². The predicted molar refractivity (Wildman–Crippen MR) is 94.7 cm³/mol. The minimum absolute atomic E-state index is 0.00974. The Morgan fingerprint density at radius 3 is 2.61 bits per heavy atom. The van der Waals surface area contributed by atoms with E-state index in [1.165, 1.54) is 0 Å². The standard InChI is InChI=1S/C19H28N2O2/c1-7-15-18(22)21(11-12(2)3)14-10-13(8-9-16(14)23-15)17(20)19(4,5)6/h8-10,15,17H,2,7,11,20H2,1,3-6H3. The molecule has 1 aliphatic heterocycles. The van der Waals surface area contributed by atoms with Crippen LogP contribution in [0.25, 0.3) is 0 Å². The fourth-order valence-electron chi connectivity index (χ4n) is 2.73. The first kappa shape index (κ1) is 17.5. The number of fused-ring (bicyclic) bond motifs is 1. The summed E-state index contributed by atoms with van der Waals surface area (Å²) in [6, 6.07) is 5.80. The summed E-state index contributed by atoms with van der Waals surface area (Å²) < 4.78 is 5.86. The Morgan fingerprint density at radius 1 is 1.43 bits per heavy atom. The zero-order valence-electron chi connectivity index (χ0n) is 14.8. The Balaban J connectivity index is 2.48. The molecule has 1 aliphatic rings. The third-order valence-corrected chi connectivity index (χ3v) is 4.18. The highest BCUT2D eigenvalue weighted by atomic mass is 16.5. The molecule has 0 aliphatic carbocycles. The molecule has 0 saturated heterocycles. The second-order valence-electron chi connectivity index (χ2n) is 7.47. The first-order chi connectivity index (χ1) is 10.6. The molecular weight excluding hydrogens is 288 g/mol. The lowest BCUT2D eigenvalue weighted by molar-refractivity contribution is -0.126. The molecule has 1 heterocycles. The topological polar surface area (TPSA) is 55.6 Å². The average molecular weight is 316 g/mol. The van der Waals surface area contributed by atoms with Crippen molar-refractivity contribution in [3.05, 3.63) is 35.9 Å². The Hall–Kier alpha value is -1.81. The number of carbonyl (C=O) groups excluding carboxylic acids is 1. The first-order valence-corrected chi connectivity index (χ1v) is 8.17. The van der Waals surface area contributed by atoms with E-state index in [9.17, 15) is 4.79 Å². The van der Waals surface area contributed by atoms with Crippen molar-refractivity contribution in [2.75, 3.05) is 11.4 Å². The van der Waals surface area contributed by atoms with Gasteiger partial charge in [-0.15, -0.1) is 0 Å². The van der Waals surface area contributed by atoms with Gasteiger partial charge in [-0.2, -0.15) is 0 Å². The van der Waals surface area contributed by atoms with Gasteiger partial charge in [0, 0.05) is 12.6 Å². The predicted octanol–water partition coefficient (Wildman–Crippen LogP) is 3.81. The van der Waals surface area contributed by atoms with E-state index in [2.05, 4.69) is 27.4 Å². The highest BCUT2D eigenvalue weighted by molar-refractivity contribution is 6.00. The van der Waals surface area contributed by atoms with Gasteiger partial charge >= 0.3 is 0 Å². The number of anilines is 1. The molecule has 4 nitrogen and oxygen atoms in total. The molecule has 0 radical (unpaired) electrons. The van der Waals surface area contributed by atoms with Gasteiger partial charge in [-0.3, -0.25) is 4.79 Å². The number of rotatable bonds is 4. The molecule has 4 heteroatoms. The van der Waals surface area contributed by atoms with Crippen molar-refractivity contribution < 1.29 is 9.53 Å². The van der Waals surface area contributed by atoms with Gasteiger partial charge in [0.1, 0.15) is 5.75 Å².